The quantitative estimate of drug-likeness (QED) is 0.735. The van der Waals surface area contributed by atoms with Gasteiger partial charge in [-0.1, -0.05) is 25.5 Å². The maximum Gasteiger partial charge on any atom is 0.224 e. The fourth-order valence-corrected chi connectivity index (χ4v) is 3.08. The van der Waals surface area contributed by atoms with Crippen molar-refractivity contribution < 1.29 is 9.00 Å². The van der Waals surface area contributed by atoms with Crippen LogP contribution in [0.25, 0.3) is 0 Å². The summed E-state index contributed by atoms with van der Waals surface area (Å²) in [4.78, 5) is 11.8. The van der Waals surface area contributed by atoms with Crippen LogP contribution in [-0.2, 0) is 22.1 Å². The molecule has 1 rings (SSSR count). The SMILES string of the molecule is CCCCS(=O)CCCC(=O)Nc1cccc(CN)c1. The second-order valence-electron chi connectivity index (χ2n) is 4.76. The largest absolute Gasteiger partial charge is 0.326 e. The van der Waals surface area contributed by atoms with Crippen molar-refractivity contribution >= 4 is 22.4 Å². The highest BCUT2D eigenvalue weighted by atomic mass is 32.2. The van der Waals surface area contributed by atoms with Gasteiger partial charge in [0, 0.05) is 41.0 Å². The van der Waals surface area contributed by atoms with Crippen LogP contribution in [0.5, 0.6) is 0 Å². The van der Waals surface area contributed by atoms with Crippen molar-refractivity contribution in [2.24, 2.45) is 5.73 Å². The molecule has 0 saturated carbocycles. The Bertz CT molecular complexity index is 449. The topological polar surface area (TPSA) is 72.2 Å². The number of nitrogens with one attached hydrogen (secondary N) is 1. The number of hydrogen-bond donors (Lipinski definition) is 2. The van der Waals surface area contributed by atoms with Crippen molar-refractivity contribution in [2.45, 2.75) is 39.2 Å². The van der Waals surface area contributed by atoms with Gasteiger partial charge in [-0.3, -0.25) is 9.00 Å². The zero-order valence-corrected chi connectivity index (χ0v) is 12.9. The van der Waals surface area contributed by atoms with E-state index in [4.69, 9.17) is 5.73 Å². The average Bonchev–Trinajstić information content (AvgIpc) is 2.45. The molecule has 0 radical (unpaired) electrons. The Morgan fingerprint density at radius 2 is 2.05 bits per heavy atom. The van der Waals surface area contributed by atoms with Crippen LogP contribution in [0.1, 0.15) is 38.2 Å². The Morgan fingerprint density at radius 1 is 1.30 bits per heavy atom. The minimum atomic E-state index is -0.784. The second kappa shape index (κ2) is 9.66. The van der Waals surface area contributed by atoms with E-state index in [1.165, 1.54) is 0 Å². The van der Waals surface area contributed by atoms with Crippen LogP contribution in [0.3, 0.4) is 0 Å². The predicted octanol–water partition coefficient (Wildman–Crippen LogP) is 2.41. The molecule has 0 aromatic heterocycles. The smallest absolute Gasteiger partial charge is 0.224 e. The van der Waals surface area contributed by atoms with E-state index in [-0.39, 0.29) is 5.91 Å². The van der Waals surface area contributed by atoms with Crippen molar-refractivity contribution in [1.82, 2.24) is 0 Å². The van der Waals surface area contributed by atoms with E-state index in [2.05, 4.69) is 12.2 Å². The molecule has 112 valence electrons. The Kier molecular flexibility index (Phi) is 8.14. The van der Waals surface area contributed by atoms with E-state index in [1.54, 1.807) is 0 Å². The van der Waals surface area contributed by atoms with Gasteiger partial charge in [0.25, 0.3) is 0 Å². The van der Waals surface area contributed by atoms with Crippen molar-refractivity contribution in [3.63, 3.8) is 0 Å². The maximum absolute atomic E-state index is 11.8. The number of carbonyl (C=O) groups excluding carboxylic acids is 1. The molecule has 1 amide bonds. The molecule has 0 aliphatic heterocycles. The normalized spacial score (nSPS) is 12.1. The first-order valence-electron chi connectivity index (χ1n) is 7.09. The van der Waals surface area contributed by atoms with E-state index in [1.807, 2.05) is 24.3 Å². The Balaban J connectivity index is 2.27. The molecule has 4 nitrogen and oxygen atoms in total. The van der Waals surface area contributed by atoms with E-state index >= 15 is 0 Å². The molecule has 0 bridgehead atoms. The molecule has 0 fully saturated rings. The zero-order chi connectivity index (χ0) is 14.8. The van der Waals surface area contributed by atoms with E-state index in [9.17, 15) is 9.00 Å². The first kappa shape index (κ1) is 16.9. The summed E-state index contributed by atoms with van der Waals surface area (Å²) in [5.41, 5.74) is 7.31. The minimum Gasteiger partial charge on any atom is -0.326 e. The van der Waals surface area contributed by atoms with Gasteiger partial charge in [0.2, 0.25) is 5.91 Å². The first-order valence-corrected chi connectivity index (χ1v) is 8.58. The molecule has 5 heteroatoms. The van der Waals surface area contributed by atoms with Gasteiger partial charge in [-0.25, -0.2) is 0 Å². The summed E-state index contributed by atoms with van der Waals surface area (Å²) in [5, 5.41) is 2.84. The number of rotatable bonds is 9. The molecule has 20 heavy (non-hydrogen) atoms. The lowest BCUT2D eigenvalue weighted by Gasteiger charge is -2.06. The molecule has 3 N–H and O–H groups in total. The van der Waals surface area contributed by atoms with Gasteiger partial charge in [0.1, 0.15) is 0 Å². The van der Waals surface area contributed by atoms with Gasteiger partial charge >= 0.3 is 0 Å². The predicted molar refractivity (Wildman–Crippen MR) is 85.0 cm³/mol. The summed E-state index contributed by atoms with van der Waals surface area (Å²) in [5.74, 6) is 1.32. The van der Waals surface area contributed by atoms with Gasteiger partial charge in [0.05, 0.1) is 0 Å². The maximum atomic E-state index is 11.8. The summed E-state index contributed by atoms with van der Waals surface area (Å²) < 4.78 is 11.6. The molecule has 0 heterocycles. The number of carbonyl (C=O) groups is 1. The van der Waals surface area contributed by atoms with Gasteiger partial charge in [0.15, 0.2) is 0 Å². The number of anilines is 1. The fourth-order valence-electron chi connectivity index (χ4n) is 1.80. The summed E-state index contributed by atoms with van der Waals surface area (Å²) in [7, 11) is -0.784. The molecule has 1 aromatic rings. The molecular formula is C15H24N2O2S. The van der Waals surface area contributed by atoms with Crippen LogP contribution in [0.2, 0.25) is 0 Å². The zero-order valence-electron chi connectivity index (χ0n) is 12.1. The number of nitrogens with two attached hydrogens (primary N) is 1. The lowest BCUT2D eigenvalue weighted by molar-refractivity contribution is -0.116. The highest BCUT2D eigenvalue weighted by molar-refractivity contribution is 7.84. The standard InChI is InChI=1S/C15H24N2O2S/c1-2-3-9-20(19)10-5-8-15(18)17-14-7-4-6-13(11-14)12-16/h4,6-7,11H,2-3,5,8-10,12,16H2,1H3,(H,17,18). The summed E-state index contributed by atoms with van der Waals surface area (Å²) in [6.07, 6.45) is 3.12. The van der Waals surface area contributed by atoms with Gasteiger partial charge in [-0.05, 0) is 30.5 Å². The van der Waals surface area contributed by atoms with Crippen LogP contribution in [0, 0.1) is 0 Å². The third kappa shape index (κ3) is 6.82. The summed E-state index contributed by atoms with van der Waals surface area (Å²) in [6, 6.07) is 7.51. The van der Waals surface area contributed by atoms with Crippen LogP contribution in [0.15, 0.2) is 24.3 Å². The lowest BCUT2D eigenvalue weighted by Crippen LogP contribution is -2.13. The first-order chi connectivity index (χ1) is 9.65. The van der Waals surface area contributed by atoms with Crippen LogP contribution >= 0.6 is 0 Å². The van der Waals surface area contributed by atoms with Gasteiger partial charge in [-0.15, -0.1) is 0 Å². The van der Waals surface area contributed by atoms with E-state index < -0.39 is 10.8 Å². The Morgan fingerprint density at radius 3 is 2.75 bits per heavy atom. The molecular weight excluding hydrogens is 272 g/mol. The number of unbranched alkanes of at least 4 members (excludes halogenated alkanes) is 1. The fraction of sp³-hybridized carbons (Fsp3) is 0.533. The van der Waals surface area contributed by atoms with Crippen molar-refractivity contribution in [2.75, 3.05) is 16.8 Å². The van der Waals surface area contributed by atoms with Crippen molar-refractivity contribution in [3.05, 3.63) is 29.8 Å². The number of benzene rings is 1. The highest BCUT2D eigenvalue weighted by Crippen LogP contribution is 2.10. The molecule has 1 atom stereocenters. The lowest BCUT2D eigenvalue weighted by atomic mass is 10.2. The highest BCUT2D eigenvalue weighted by Gasteiger charge is 2.05. The van der Waals surface area contributed by atoms with E-state index in [0.29, 0.717) is 25.1 Å². The molecule has 1 unspecified atom stereocenters. The van der Waals surface area contributed by atoms with Gasteiger partial charge in [-0.2, -0.15) is 0 Å². The Labute approximate surface area is 123 Å². The third-order valence-electron chi connectivity index (χ3n) is 2.95. The van der Waals surface area contributed by atoms with Crippen LogP contribution < -0.4 is 11.1 Å². The molecule has 0 aliphatic carbocycles. The van der Waals surface area contributed by atoms with Crippen LogP contribution in [0.4, 0.5) is 5.69 Å². The third-order valence-corrected chi connectivity index (χ3v) is 4.44. The Hall–Kier alpha value is -1.20. The number of hydrogen-bond acceptors (Lipinski definition) is 3. The summed E-state index contributed by atoms with van der Waals surface area (Å²) in [6.45, 7) is 2.54. The average molecular weight is 296 g/mol. The molecule has 0 saturated heterocycles. The molecule has 0 aliphatic rings. The van der Waals surface area contributed by atoms with E-state index in [0.717, 1.165) is 29.8 Å². The minimum absolute atomic E-state index is 0.0355. The van der Waals surface area contributed by atoms with Crippen molar-refractivity contribution in [3.8, 4) is 0 Å². The summed E-state index contributed by atoms with van der Waals surface area (Å²) >= 11 is 0. The second-order valence-corrected chi connectivity index (χ2v) is 6.45. The molecule has 1 aromatic carbocycles. The number of amides is 1. The van der Waals surface area contributed by atoms with Gasteiger partial charge < -0.3 is 11.1 Å². The van der Waals surface area contributed by atoms with Crippen LogP contribution in [-0.4, -0.2) is 21.6 Å². The van der Waals surface area contributed by atoms with Crippen molar-refractivity contribution in [1.29, 1.82) is 0 Å². The monoisotopic (exact) mass is 296 g/mol. The molecule has 0 spiro atoms.